The summed E-state index contributed by atoms with van der Waals surface area (Å²) in [6, 6.07) is 13.9. The molecule has 7 heteroatoms. The second-order valence-corrected chi connectivity index (χ2v) is 6.50. The van der Waals surface area contributed by atoms with Crippen molar-refractivity contribution in [1.82, 2.24) is 9.61 Å². The molecule has 1 aliphatic rings. The van der Waals surface area contributed by atoms with Crippen LogP contribution in [0.25, 0.3) is 16.6 Å². The highest BCUT2D eigenvalue weighted by atomic mass is 16.3. The van der Waals surface area contributed by atoms with E-state index in [1.54, 1.807) is 16.8 Å². The molecule has 1 amide bonds. The number of nitrogens with zero attached hydrogens (tertiary/aromatic N) is 3. The van der Waals surface area contributed by atoms with E-state index in [0.29, 0.717) is 33.6 Å². The van der Waals surface area contributed by atoms with E-state index in [4.69, 9.17) is 10.7 Å². The fraction of sp³-hybridized carbons (Fsp3) is 0. The molecule has 1 aliphatic heterocycles. The van der Waals surface area contributed by atoms with Gasteiger partial charge in [0.15, 0.2) is 11.5 Å². The third-order valence-corrected chi connectivity index (χ3v) is 4.86. The van der Waals surface area contributed by atoms with Crippen molar-refractivity contribution >= 4 is 22.8 Å². The molecule has 0 fully saturated rings. The van der Waals surface area contributed by atoms with Gasteiger partial charge in [-0.05, 0) is 30.3 Å². The Hall–Kier alpha value is -4.13. The lowest BCUT2D eigenvalue weighted by atomic mass is 9.96. The maximum Gasteiger partial charge on any atom is 0.251 e. The molecule has 2 aromatic heterocycles. The van der Waals surface area contributed by atoms with Gasteiger partial charge in [0.25, 0.3) is 5.91 Å². The van der Waals surface area contributed by atoms with E-state index in [-0.39, 0.29) is 11.5 Å². The van der Waals surface area contributed by atoms with Crippen LogP contribution in [0.4, 0.5) is 5.69 Å². The Morgan fingerprint density at radius 2 is 1.82 bits per heavy atom. The van der Waals surface area contributed by atoms with Crippen LogP contribution >= 0.6 is 0 Å². The Balaban J connectivity index is 1.93. The maximum absolute atomic E-state index is 12.1. The van der Waals surface area contributed by atoms with Crippen LogP contribution in [-0.2, 0) is 0 Å². The summed E-state index contributed by atoms with van der Waals surface area (Å²) in [6.07, 6.45) is 3.24. The lowest BCUT2D eigenvalue weighted by Gasteiger charge is -2.10. The Labute approximate surface area is 159 Å². The topological polar surface area (TPSA) is 113 Å². The lowest BCUT2D eigenvalue weighted by Crippen LogP contribution is -2.14. The summed E-state index contributed by atoms with van der Waals surface area (Å²) in [5.74, 6) is -1.02. The van der Waals surface area contributed by atoms with Crippen LogP contribution < -0.4 is 5.73 Å². The summed E-state index contributed by atoms with van der Waals surface area (Å²) in [5, 5.41) is 23.9. The second kappa shape index (κ2) is 5.68. The van der Waals surface area contributed by atoms with Gasteiger partial charge in [0.2, 0.25) is 0 Å². The van der Waals surface area contributed by atoms with Crippen LogP contribution in [0.15, 0.2) is 65.9 Å². The largest absolute Gasteiger partial charge is 0.504 e. The number of fused-ring (bicyclic) bond motifs is 2. The van der Waals surface area contributed by atoms with Crippen molar-refractivity contribution in [1.29, 1.82) is 0 Å². The number of carbonyl (C=O) groups excluding carboxylic acids is 1. The van der Waals surface area contributed by atoms with Crippen molar-refractivity contribution in [3.63, 3.8) is 0 Å². The molecule has 5 rings (SSSR count). The summed E-state index contributed by atoms with van der Waals surface area (Å²) in [7, 11) is 0. The highest BCUT2D eigenvalue weighted by Crippen LogP contribution is 2.41. The Kier molecular flexibility index (Phi) is 3.26. The fourth-order valence-corrected chi connectivity index (χ4v) is 3.58. The molecule has 0 unspecified atom stereocenters. The van der Waals surface area contributed by atoms with Crippen molar-refractivity contribution < 1.29 is 15.0 Å². The second-order valence-electron chi connectivity index (χ2n) is 6.50. The van der Waals surface area contributed by atoms with Crippen molar-refractivity contribution in [2.45, 2.75) is 0 Å². The number of amides is 1. The van der Waals surface area contributed by atoms with Crippen molar-refractivity contribution in [2.24, 2.45) is 10.7 Å². The zero-order chi connectivity index (χ0) is 19.4. The number of primary amides is 1. The van der Waals surface area contributed by atoms with E-state index in [9.17, 15) is 15.0 Å². The third kappa shape index (κ3) is 2.20. The van der Waals surface area contributed by atoms with Crippen LogP contribution in [0.2, 0.25) is 0 Å². The summed E-state index contributed by atoms with van der Waals surface area (Å²) < 4.78 is 1.68. The van der Waals surface area contributed by atoms with E-state index in [0.717, 1.165) is 11.1 Å². The number of benzene rings is 2. The van der Waals surface area contributed by atoms with E-state index in [1.165, 1.54) is 18.3 Å². The minimum atomic E-state index is -0.572. The van der Waals surface area contributed by atoms with Crippen LogP contribution in [0.3, 0.4) is 0 Å². The summed E-state index contributed by atoms with van der Waals surface area (Å²) in [6.45, 7) is 0. The van der Waals surface area contributed by atoms with Gasteiger partial charge < -0.3 is 15.9 Å². The van der Waals surface area contributed by atoms with Gasteiger partial charge >= 0.3 is 0 Å². The molecule has 0 atom stereocenters. The normalized spacial score (nSPS) is 12.4. The van der Waals surface area contributed by atoms with Gasteiger partial charge in [0, 0.05) is 28.5 Å². The first-order chi connectivity index (χ1) is 13.5. The van der Waals surface area contributed by atoms with Crippen LogP contribution in [-0.4, -0.2) is 31.4 Å². The van der Waals surface area contributed by atoms with E-state index >= 15 is 0 Å². The number of hydrogen-bond acceptors (Lipinski definition) is 5. The summed E-state index contributed by atoms with van der Waals surface area (Å²) in [5.41, 5.74) is 10.7. The predicted octanol–water partition coefficient (Wildman–Crippen LogP) is 2.99. The number of phenolic OH excluding ortho intramolecular Hbond substituents is 2. The minimum absolute atomic E-state index is 0.210. The van der Waals surface area contributed by atoms with Crippen molar-refractivity contribution in [2.75, 3.05) is 0 Å². The molecule has 136 valence electrons. The zero-order valence-corrected chi connectivity index (χ0v) is 14.5. The van der Waals surface area contributed by atoms with E-state index < -0.39 is 5.91 Å². The van der Waals surface area contributed by atoms with Crippen LogP contribution in [0.5, 0.6) is 11.5 Å². The SMILES string of the molecule is NC(=O)c1cnn2ccc3c2c1-c1ccccc1N=C3c1ccc(O)c(O)c1. The van der Waals surface area contributed by atoms with Crippen molar-refractivity contribution in [3.8, 4) is 22.6 Å². The molecule has 0 bridgehead atoms. The molecule has 2 aromatic carbocycles. The molecule has 28 heavy (non-hydrogen) atoms. The number of para-hydroxylation sites is 1. The van der Waals surface area contributed by atoms with Crippen molar-refractivity contribution in [3.05, 3.63) is 77.6 Å². The van der Waals surface area contributed by atoms with Gasteiger partial charge in [-0.1, -0.05) is 18.2 Å². The third-order valence-electron chi connectivity index (χ3n) is 4.86. The van der Waals surface area contributed by atoms with Crippen LogP contribution in [0.1, 0.15) is 21.5 Å². The molecule has 0 aliphatic carbocycles. The molecule has 7 nitrogen and oxygen atoms in total. The van der Waals surface area contributed by atoms with E-state index in [1.807, 2.05) is 30.3 Å². The molecular weight excluding hydrogens is 356 g/mol. The average molecular weight is 370 g/mol. The Morgan fingerprint density at radius 3 is 2.61 bits per heavy atom. The highest BCUT2D eigenvalue weighted by molar-refractivity contribution is 6.22. The van der Waals surface area contributed by atoms with Gasteiger partial charge in [-0.25, -0.2) is 9.51 Å². The first-order valence-corrected chi connectivity index (χ1v) is 8.55. The van der Waals surface area contributed by atoms with Gasteiger partial charge in [-0.3, -0.25) is 4.79 Å². The zero-order valence-electron chi connectivity index (χ0n) is 14.5. The highest BCUT2D eigenvalue weighted by Gasteiger charge is 2.26. The molecule has 4 aromatic rings. The first kappa shape index (κ1) is 16.1. The maximum atomic E-state index is 12.1. The van der Waals surface area contributed by atoms with Gasteiger partial charge in [0.1, 0.15) is 0 Å². The molecule has 4 N–H and O–H groups in total. The molecule has 0 radical (unpaired) electrons. The number of aliphatic imine (C=N–C) groups is 1. The number of aromatic nitrogens is 2. The average Bonchev–Trinajstić information content (AvgIpc) is 3.05. The van der Waals surface area contributed by atoms with E-state index in [2.05, 4.69) is 5.10 Å². The van der Waals surface area contributed by atoms with Gasteiger partial charge in [-0.2, -0.15) is 5.10 Å². The monoisotopic (exact) mass is 370 g/mol. The molecule has 3 heterocycles. The number of carbonyl (C=O) groups is 1. The first-order valence-electron chi connectivity index (χ1n) is 8.55. The van der Waals surface area contributed by atoms with Gasteiger partial charge in [-0.15, -0.1) is 0 Å². The predicted molar refractivity (Wildman–Crippen MR) is 104 cm³/mol. The number of rotatable bonds is 2. The number of hydrogen-bond donors (Lipinski definition) is 3. The van der Waals surface area contributed by atoms with Gasteiger partial charge in [0.05, 0.1) is 28.7 Å². The molecule has 0 saturated carbocycles. The Bertz CT molecular complexity index is 1320. The number of phenols is 2. The smallest absolute Gasteiger partial charge is 0.251 e. The molecule has 0 spiro atoms. The number of aromatic hydroxyl groups is 2. The summed E-state index contributed by atoms with van der Waals surface area (Å²) >= 11 is 0. The number of nitrogens with two attached hydrogens (primary N) is 1. The Morgan fingerprint density at radius 1 is 1.00 bits per heavy atom. The van der Waals surface area contributed by atoms with Crippen LogP contribution in [0, 0.1) is 0 Å². The summed E-state index contributed by atoms with van der Waals surface area (Å²) in [4.78, 5) is 16.9. The standard InChI is InChI=1S/C21H14N4O3/c22-21(28)14-10-23-25-8-7-13-19(11-5-6-16(26)17(27)9-11)24-15-4-2-1-3-12(15)18(14)20(13)25/h1-10,26-27H,(H2,22,28). The lowest BCUT2D eigenvalue weighted by molar-refractivity contribution is 0.100. The molecule has 0 saturated heterocycles. The fourth-order valence-electron chi connectivity index (χ4n) is 3.58. The molecular formula is C21H14N4O3. The quantitative estimate of drug-likeness (QED) is 0.415. The minimum Gasteiger partial charge on any atom is -0.504 e.